The minimum atomic E-state index is -0.538. The van der Waals surface area contributed by atoms with Crippen molar-refractivity contribution in [2.45, 2.75) is 38.7 Å². The molecule has 2 bridgehead atoms. The van der Waals surface area contributed by atoms with Crippen LogP contribution in [-0.4, -0.2) is 16.5 Å². The molecule has 3 rings (SSSR count). The van der Waals surface area contributed by atoms with E-state index in [1.54, 1.807) is 11.8 Å². The molecule has 2 aliphatic carbocycles. The van der Waals surface area contributed by atoms with Gasteiger partial charge in [-0.25, -0.2) is 0 Å². The molecule has 1 heterocycles. The first kappa shape index (κ1) is 9.29. The van der Waals surface area contributed by atoms with Gasteiger partial charge in [-0.15, -0.1) is 11.8 Å². The zero-order chi connectivity index (χ0) is 10.2. The Balaban J connectivity index is 2.19. The third-order valence-corrected chi connectivity index (χ3v) is 6.78. The largest absolute Gasteiger partial charge is 0.384 e. The maximum absolute atomic E-state index is 10.8. The average molecular weight is 210 g/mol. The average Bonchev–Trinajstić information content (AvgIpc) is 2.58. The topological polar surface area (TPSA) is 20.2 Å². The van der Waals surface area contributed by atoms with Gasteiger partial charge < -0.3 is 5.11 Å². The van der Waals surface area contributed by atoms with Crippen molar-refractivity contribution in [1.82, 2.24) is 0 Å². The molecule has 1 N–H and O–H groups in total. The summed E-state index contributed by atoms with van der Waals surface area (Å²) in [4.78, 5) is 1.03. The van der Waals surface area contributed by atoms with Gasteiger partial charge in [0.15, 0.2) is 0 Å². The molecule has 0 aromatic rings. The molecule has 0 aromatic heterocycles. The number of thioether (sulfide) groups is 1. The van der Waals surface area contributed by atoms with Crippen molar-refractivity contribution in [3.8, 4) is 0 Å². The standard InChI is InChI=1S/C12H18OS/c1-8-12(13)6-9-4-5-11(12,7-14-8)10(9,2)3/h9,13H,1,4-7H2,2-3H3/t9-,11+,12+/m1/s1. The zero-order valence-corrected chi connectivity index (χ0v) is 9.78. The molecule has 3 aliphatic rings. The molecule has 3 atom stereocenters. The number of aliphatic hydroxyl groups is 1. The monoisotopic (exact) mass is 210 g/mol. The van der Waals surface area contributed by atoms with E-state index in [4.69, 9.17) is 0 Å². The Morgan fingerprint density at radius 2 is 2.21 bits per heavy atom. The van der Waals surface area contributed by atoms with Crippen LogP contribution in [0.4, 0.5) is 0 Å². The predicted molar refractivity (Wildman–Crippen MR) is 60.1 cm³/mol. The fourth-order valence-electron chi connectivity index (χ4n) is 4.23. The molecule has 0 unspecified atom stereocenters. The summed E-state index contributed by atoms with van der Waals surface area (Å²) in [6, 6.07) is 0. The second-order valence-electron chi connectivity index (χ2n) is 5.82. The van der Waals surface area contributed by atoms with E-state index in [9.17, 15) is 5.11 Å². The maximum atomic E-state index is 10.8. The number of hydrogen-bond acceptors (Lipinski definition) is 2. The minimum absolute atomic E-state index is 0.145. The molecule has 1 spiro atoms. The summed E-state index contributed by atoms with van der Waals surface area (Å²) < 4.78 is 0. The molecule has 14 heavy (non-hydrogen) atoms. The minimum Gasteiger partial charge on any atom is -0.384 e. The molecule has 2 saturated carbocycles. The Kier molecular flexibility index (Phi) is 1.49. The fraction of sp³-hybridized carbons (Fsp3) is 0.833. The Morgan fingerprint density at radius 1 is 1.50 bits per heavy atom. The van der Waals surface area contributed by atoms with Gasteiger partial charge in [-0.1, -0.05) is 20.4 Å². The Labute approximate surface area is 90.0 Å². The van der Waals surface area contributed by atoms with Crippen LogP contribution in [0.3, 0.4) is 0 Å². The van der Waals surface area contributed by atoms with Crippen molar-refractivity contribution < 1.29 is 5.11 Å². The summed E-state index contributed by atoms with van der Waals surface area (Å²) >= 11 is 1.80. The third-order valence-electron chi connectivity index (χ3n) is 5.46. The quantitative estimate of drug-likeness (QED) is 0.663. The molecule has 1 aliphatic heterocycles. The van der Waals surface area contributed by atoms with E-state index in [0.717, 1.165) is 17.1 Å². The van der Waals surface area contributed by atoms with Crippen molar-refractivity contribution in [1.29, 1.82) is 0 Å². The lowest BCUT2D eigenvalue weighted by atomic mass is 9.64. The van der Waals surface area contributed by atoms with Crippen LogP contribution < -0.4 is 0 Å². The van der Waals surface area contributed by atoms with Gasteiger partial charge in [-0.05, 0) is 30.6 Å². The van der Waals surface area contributed by atoms with Gasteiger partial charge in [0.1, 0.15) is 5.60 Å². The molecule has 0 radical (unpaired) electrons. The molecule has 2 heteroatoms. The summed E-state index contributed by atoms with van der Waals surface area (Å²) in [5.41, 5.74) is -0.0787. The van der Waals surface area contributed by atoms with Crippen molar-refractivity contribution in [2.75, 3.05) is 5.75 Å². The molecule has 1 saturated heterocycles. The van der Waals surface area contributed by atoms with Gasteiger partial charge in [0.25, 0.3) is 0 Å². The van der Waals surface area contributed by atoms with Crippen molar-refractivity contribution in [2.24, 2.45) is 16.7 Å². The van der Waals surface area contributed by atoms with Crippen LogP contribution in [0.25, 0.3) is 0 Å². The van der Waals surface area contributed by atoms with Crippen LogP contribution in [0.2, 0.25) is 0 Å². The molecule has 1 nitrogen and oxygen atoms in total. The lowest BCUT2D eigenvalue weighted by molar-refractivity contribution is -0.0433. The predicted octanol–water partition coefficient (Wildman–Crippen LogP) is 2.80. The molecule has 78 valence electrons. The third kappa shape index (κ3) is 0.665. The summed E-state index contributed by atoms with van der Waals surface area (Å²) in [6.45, 7) is 8.76. The second kappa shape index (κ2) is 2.25. The maximum Gasteiger partial charge on any atom is 0.102 e. The molecule has 3 fully saturated rings. The van der Waals surface area contributed by atoms with Crippen LogP contribution in [0.1, 0.15) is 33.1 Å². The number of rotatable bonds is 0. The summed E-state index contributed by atoms with van der Waals surface area (Å²) in [7, 11) is 0. The molecule has 0 aromatic carbocycles. The summed E-state index contributed by atoms with van der Waals surface area (Å²) in [5.74, 6) is 1.80. The van der Waals surface area contributed by atoms with E-state index in [1.165, 1.54) is 12.8 Å². The summed E-state index contributed by atoms with van der Waals surface area (Å²) in [5, 5.41) is 10.8. The first-order valence-electron chi connectivity index (χ1n) is 5.49. The zero-order valence-electron chi connectivity index (χ0n) is 8.97. The highest BCUT2D eigenvalue weighted by Gasteiger charge is 2.73. The van der Waals surface area contributed by atoms with E-state index in [1.807, 2.05) is 0 Å². The van der Waals surface area contributed by atoms with Crippen LogP contribution in [0.5, 0.6) is 0 Å². The van der Waals surface area contributed by atoms with Gasteiger partial charge in [0.05, 0.1) is 0 Å². The van der Waals surface area contributed by atoms with Crippen LogP contribution >= 0.6 is 11.8 Å². The van der Waals surface area contributed by atoms with E-state index in [-0.39, 0.29) is 5.41 Å². The van der Waals surface area contributed by atoms with Crippen molar-refractivity contribution >= 4 is 11.8 Å². The van der Waals surface area contributed by atoms with Crippen LogP contribution in [-0.2, 0) is 0 Å². The van der Waals surface area contributed by atoms with Gasteiger partial charge in [0, 0.05) is 16.1 Å². The molecular formula is C12H18OS. The van der Waals surface area contributed by atoms with Crippen molar-refractivity contribution in [3.05, 3.63) is 11.5 Å². The van der Waals surface area contributed by atoms with Gasteiger partial charge in [-0.3, -0.25) is 0 Å². The Hall–Kier alpha value is 0.0500. The molecular weight excluding hydrogens is 192 g/mol. The first-order chi connectivity index (χ1) is 6.44. The van der Waals surface area contributed by atoms with Gasteiger partial charge in [-0.2, -0.15) is 0 Å². The lowest BCUT2D eigenvalue weighted by Gasteiger charge is -2.42. The highest BCUT2D eigenvalue weighted by molar-refractivity contribution is 8.03. The highest BCUT2D eigenvalue weighted by atomic mass is 32.2. The smallest absolute Gasteiger partial charge is 0.102 e. The normalized spacial score (nSPS) is 53.9. The summed E-state index contributed by atoms with van der Waals surface area (Å²) in [6.07, 6.45) is 3.47. The Morgan fingerprint density at radius 3 is 2.79 bits per heavy atom. The first-order valence-corrected chi connectivity index (χ1v) is 6.47. The van der Waals surface area contributed by atoms with Crippen LogP contribution in [0.15, 0.2) is 11.5 Å². The van der Waals surface area contributed by atoms with Gasteiger partial charge >= 0.3 is 0 Å². The second-order valence-corrected chi connectivity index (χ2v) is 6.89. The SMILES string of the molecule is C=C1SC[C@]23CC[C@H](C[C@]12O)C3(C)C. The lowest BCUT2D eigenvalue weighted by Crippen LogP contribution is -2.47. The van der Waals surface area contributed by atoms with Gasteiger partial charge in [0.2, 0.25) is 0 Å². The van der Waals surface area contributed by atoms with Crippen molar-refractivity contribution in [3.63, 3.8) is 0 Å². The van der Waals surface area contributed by atoms with E-state index in [2.05, 4.69) is 20.4 Å². The number of fused-ring (bicyclic) bond motifs is 1. The van der Waals surface area contributed by atoms with E-state index >= 15 is 0 Å². The van der Waals surface area contributed by atoms with Crippen LogP contribution in [0, 0.1) is 16.7 Å². The number of hydrogen-bond donors (Lipinski definition) is 1. The van der Waals surface area contributed by atoms with E-state index < -0.39 is 5.60 Å². The highest BCUT2D eigenvalue weighted by Crippen LogP contribution is 2.76. The van der Waals surface area contributed by atoms with E-state index in [0.29, 0.717) is 11.3 Å². The molecule has 0 amide bonds. The fourth-order valence-corrected chi connectivity index (χ4v) is 5.92. The Bertz CT molecular complexity index is 322.